The topological polar surface area (TPSA) is 148 Å². The van der Waals surface area contributed by atoms with Gasteiger partial charge in [0.05, 0.1) is 14.2 Å². The van der Waals surface area contributed by atoms with Crippen molar-refractivity contribution in [3.8, 4) is 34.3 Å². The third-order valence-corrected chi connectivity index (χ3v) is 3.96. The third kappa shape index (κ3) is 2.83. The number of phenols is 2. The molecule has 1 aromatic heterocycles. The van der Waals surface area contributed by atoms with Gasteiger partial charge in [-0.15, -0.1) is 4.91 Å². The number of ether oxygens (including phenoxy) is 2. The van der Waals surface area contributed by atoms with Crippen molar-refractivity contribution in [2.24, 2.45) is 10.2 Å². The van der Waals surface area contributed by atoms with E-state index < -0.39 is 16.9 Å². The number of carbonyl (C=O) groups excluding carboxylic acids is 1. The number of hydrogen-bond donors (Lipinski definition) is 2. The van der Waals surface area contributed by atoms with Crippen LogP contribution in [0.4, 0.5) is 11.4 Å². The smallest absolute Gasteiger partial charge is 0.240 e. The second-order valence-corrected chi connectivity index (χ2v) is 5.44. The molecule has 0 saturated carbocycles. The first kappa shape index (κ1) is 18.6. The van der Waals surface area contributed by atoms with Crippen LogP contribution >= 0.6 is 0 Å². The number of fused-ring (bicyclic) bond motifs is 1. The fraction of sp³-hybridized carbons (Fsp3) is 0.111. The molecule has 142 valence electrons. The Kier molecular flexibility index (Phi) is 4.80. The molecule has 3 rings (SSSR count). The van der Waals surface area contributed by atoms with Crippen molar-refractivity contribution in [3.05, 3.63) is 39.4 Å². The molecule has 0 saturated heterocycles. The minimum atomic E-state index is -0.729. The molecule has 10 nitrogen and oxygen atoms in total. The van der Waals surface area contributed by atoms with Crippen LogP contribution in [-0.4, -0.2) is 30.5 Å². The quantitative estimate of drug-likeness (QED) is 0.387. The number of phenolic OH excluding ortho intramolecular Hbond substituents is 2. The predicted molar refractivity (Wildman–Crippen MR) is 97.6 cm³/mol. The normalized spacial score (nSPS) is 10.4. The lowest BCUT2D eigenvalue weighted by atomic mass is 10.1. The third-order valence-electron chi connectivity index (χ3n) is 3.96. The standard InChI is InChI=1S/C18H12N2O8/c1-26-17-11(22)6-12-13(14(17)23)15(24)18(27-2)16(28-12)8-3-4-9(20-25)10(5-8)19-7-21/h3-6,22-23H,1-2H3. The number of methoxy groups -OCH3 is 2. The summed E-state index contributed by atoms with van der Waals surface area (Å²) >= 11 is 0. The van der Waals surface area contributed by atoms with Crippen molar-refractivity contribution < 1.29 is 28.9 Å². The van der Waals surface area contributed by atoms with Crippen molar-refractivity contribution in [3.63, 3.8) is 0 Å². The van der Waals surface area contributed by atoms with Gasteiger partial charge in [0.15, 0.2) is 17.3 Å². The lowest BCUT2D eigenvalue weighted by molar-refractivity contribution is 0.345. The highest BCUT2D eigenvalue weighted by Crippen LogP contribution is 2.43. The molecule has 0 aliphatic rings. The Morgan fingerprint density at radius 1 is 1.07 bits per heavy atom. The Bertz CT molecular complexity index is 1210. The maximum Gasteiger partial charge on any atom is 0.240 e. The van der Waals surface area contributed by atoms with Gasteiger partial charge in [0.2, 0.25) is 23.0 Å². The molecule has 28 heavy (non-hydrogen) atoms. The summed E-state index contributed by atoms with van der Waals surface area (Å²) in [4.78, 5) is 37.7. The molecular formula is C18H12N2O8. The van der Waals surface area contributed by atoms with Crippen LogP contribution in [0.2, 0.25) is 0 Å². The molecule has 0 fully saturated rings. The largest absolute Gasteiger partial charge is 0.504 e. The van der Waals surface area contributed by atoms with Gasteiger partial charge in [-0.05, 0) is 23.4 Å². The molecule has 0 atom stereocenters. The minimum Gasteiger partial charge on any atom is -0.504 e. The number of aliphatic imine (C=N–C) groups is 1. The Morgan fingerprint density at radius 3 is 2.39 bits per heavy atom. The molecular weight excluding hydrogens is 372 g/mol. The van der Waals surface area contributed by atoms with E-state index in [-0.39, 0.29) is 45.2 Å². The van der Waals surface area contributed by atoms with Crippen molar-refractivity contribution >= 4 is 28.4 Å². The number of nitrogens with zero attached hydrogens (tertiary/aromatic N) is 2. The summed E-state index contributed by atoms with van der Waals surface area (Å²) in [6.45, 7) is 0. The van der Waals surface area contributed by atoms with E-state index in [1.807, 2.05) is 0 Å². The maximum absolute atomic E-state index is 12.9. The first-order chi connectivity index (χ1) is 13.5. The van der Waals surface area contributed by atoms with Crippen LogP contribution in [0.25, 0.3) is 22.3 Å². The Labute approximate surface area is 156 Å². The summed E-state index contributed by atoms with van der Waals surface area (Å²) in [5.41, 5.74) is -0.851. The van der Waals surface area contributed by atoms with E-state index in [1.165, 1.54) is 38.5 Å². The molecule has 10 heteroatoms. The van der Waals surface area contributed by atoms with Crippen LogP contribution in [0, 0.1) is 4.91 Å². The fourth-order valence-electron chi connectivity index (χ4n) is 2.74. The molecule has 0 amide bonds. The molecule has 0 aliphatic carbocycles. The highest BCUT2D eigenvalue weighted by atomic mass is 16.5. The van der Waals surface area contributed by atoms with Gasteiger partial charge in [-0.2, -0.15) is 4.99 Å². The van der Waals surface area contributed by atoms with Gasteiger partial charge in [0.25, 0.3) is 0 Å². The minimum absolute atomic E-state index is 0.0798. The van der Waals surface area contributed by atoms with Gasteiger partial charge in [0.1, 0.15) is 22.3 Å². The zero-order chi connectivity index (χ0) is 20.4. The van der Waals surface area contributed by atoms with Crippen LogP contribution in [0.15, 0.2) is 43.6 Å². The van der Waals surface area contributed by atoms with E-state index in [9.17, 15) is 24.7 Å². The van der Waals surface area contributed by atoms with Crippen LogP contribution < -0.4 is 14.9 Å². The van der Waals surface area contributed by atoms with Gasteiger partial charge in [-0.1, -0.05) is 0 Å². The van der Waals surface area contributed by atoms with Crippen molar-refractivity contribution in [1.29, 1.82) is 0 Å². The average Bonchev–Trinajstić information content (AvgIpc) is 2.68. The van der Waals surface area contributed by atoms with Crippen LogP contribution in [0.5, 0.6) is 23.0 Å². The fourth-order valence-corrected chi connectivity index (χ4v) is 2.74. The van der Waals surface area contributed by atoms with Crippen molar-refractivity contribution in [2.45, 2.75) is 0 Å². The summed E-state index contributed by atoms with van der Waals surface area (Å²) in [6.07, 6.45) is 1.31. The van der Waals surface area contributed by atoms with Crippen molar-refractivity contribution in [2.75, 3.05) is 14.2 Å². The van der Waals surface area contributed by atoms with Crippen LogP contribution in [0.3, 0.4) is 0 Å². The first-order valence-corrected chi connectivity index (χ1v) is 7.66. The summed E-state index contributed by atoms with van der Waals surface area (Å²) < 4.78 is 15.7. The molecule has 0 radical (unpaired) electrons. The lowest BCUT2D eigenvalue weighted by Gasteiger charge is -2.12. The van der Waals surface area contributed by atoms with E-state index >= 15 is 0 Å². The molecule has 3 aromatic rings. The summed E-state index contributed by atoms with van der Waals surface area (Å²) in [5, 5.41) is 22.7. The van der Waals surface area contributed by atoms with E-state index in [0.29, 0.717) is 0 Å². The number of rotatable bonds is 5. The second-order valence-electron chi connectivity index (χ2n) is 5.44. The zero-order valence-corrected chi connectivity index (χ0v) is 14.5. The number of nitroso groups, excluding NO2 is 1. The molecule has 0 aliphatic heterocycles. The molecule has 1 heterocycles. The monoisotopic (exact) mass is 384 g/mol. The first-order valence-electron chi connectivity index (χ1n) is 7.66. The molecule has 0 unspecified atom stereocenters. The van der Waals surface area contributed by atoms with Crippen LogP contribution in [0.1, 0.15) is 0 Å². The van der Waals surface area contributed by atoms with Gasteiger partial charge >= 0.3 is 0 Å². The Morgan fingerprint density at radius 2 is 1.79 bits per heavy atom. The van der Waals surface area contributed by atoms with Gasteiger partial charge in [-0.25, -0.2) is 4.79 Å². The van der Waals surface area contributed by atoms with E-state index in [0.717, 1.165) is 6.07 Å². The Hall–Kier alpha value is -4.17. The number of benzene rings is 2. The number of hydrogen-bond acceptors (Lipinski definition) is 10. The highest BCUT2D eigenvalue weighted by molar-refractivity contribution is 5.91. The summed E-state index contributed by atoms with van der Waals surface area (Å²) in [7, 11) is 2.44. The van der Waals surface area contributed by atoms with Crippen LogP contribution in [-0.2, 0) is 4.79 Å². The van der Waals surface area contributed by atoms with E-state index in [1.54, 1.807) is 0 Å². The summed E-state index contributed by atoms with van der Waals surface area (Å²) in [6, 6.07) is 5.04. The predicted octanol–water partition coefficient (Wildman–Crippen LogP) is 3.25. The molecule has 0 bridgehead atoms. The van der Waals surface area contributed by atoms with E-state index in [4.69, 9.17) is 13.9 Å². The van der Waals surface area contributed by atoms with Gasteiger partial charge in [-0.3, -0.25) is 4.79 Å². The van der Waals surface area contributed by atoms with E-state index in [2.05, 4.69) is 10.2 Å². The average molecular weight is 384 g/mol. The SMILES string of the molecule is COc1c(O)cc2oc(-c3ccc(N=O)c(N=C=O)c3)c(OC)c(=O)c2c1O. The molecule has 2 aromatic carbocycles. The number of isocyanates is 1. The van der Waals surface area contributed by atoms with Crippen molar-refractivity contribution in [1.82, 2.24) is 0 Å². The van der Waals surface area contributed by atoms with Gasteiger partial charge in [0, 0.05) is 11.6 Å². The maximum atomic E-state index is 12.9. The Balaban J connectivity index is 2.40. The lowest BCUT2D eigenvalue weighted by Crippen LogP contribution is -2.08. The molecule has 0 spiro atoms. The zero-order valence-electron chi connectivity index (χ0n) is 14.5. The van der Waals surface area contributed by atoms with Gasteiger partial charge < -0.3 is 24.1 Å². The second kappa shape index (κ2) is 7.22. The number of aromatic hydroxyl groups is 2. The summed E-state index contributed by atoms with van der Waals surface area (Å²) in [5.74, 6) is -1.69. The molecule has 2 N–H and O–H groups in total. The highest BCUT2D eigenvalue weighted by Gasteiger charge is 2.24.